The smallest absolute Gasteiger partial charge is 0.310 e. The van der Waals surface area contributed by atoms with Crippen molar-refractivity contribution in [1.82, 2.24) is 5.32 Å². The van der Waals surface area contributed by atoms with Crippen LogP contribution in [-0.2, 0) is 4.79 Å². The average Bonchev–Trinajstić information content (AvgIpc) is 2.02. The Morgan fingerprint density at radius 1 is 1.38 bits per heavy atom. The van der Waals surface area contributed by atoms with E-state index in [2.05, 4.69) is 19.2 Å². The van der Waals surface area contributed by atoms with Gasteiger partial charge in [0.2, 0.25) is 0 Å². The molecule has 1 saturated carbocycles. The Balaban J connectivity index is 2.15. The maximum atomic E-state index is 11.0. The molecule has 74 valence electrons. The number of rotatable bonds is 2. The van der Waals surface area contributed by atoms with E-state index < -0.39 is 11.4 Å². The molecule has 13 heavy (non-hydrogen) atoms. The first-order chi connectivity index (χ1) is 6.01. The molecule has 3 heteroatoms. The van der Waals surface area contributed by atoms with E-state index in [0.717, 1.165) is 19.4 Å². The highest BCUT2D eigenvalue weighted by Gasteiger charge is 2.62. The minimum absolute atomic E-state index is 0.274. The lowest BCUT2D eigenvalue weighted by atomic mass is 9.47. The minimum Gasteiger partial charge on any atom is -0.481 e. The fraction of sp³-hybridized carbons (Fsp3) is 0.900. The Bertz CT molecular complexity index is 241. The van der Waals surface area contributed by atoms with E-state index in [0.29, 0.717) is 12.5 Å². The van der Waals surface area contributed by atoms with Crippen LogP contribution in [0.2, 0.25) is 0 Å². The fourth-order valence-electron chi connectivity index (χ4n) is 2.94. The Labute approximate surface area is 78.5 Å². The van der Waals surface area contributed by atoms with Crippen molar-refractivity contribution in [2.24, 2.45) is 16.7 Å². The summed E-state index contributed by atoms with van der Waals surface area (Å²) in [6.07, 6.45) is 1.75. The van der Waals surface area contributed by atoms with Gasteiger partial charge in [-0.1, -0.05) is 13.8 Å². The van der Waals surface area contributed by atoms with Crippen molar-refractivity contribution < 1.29 is 9.90 Å². The van der Waals surface area contributed by atoms with E-state index >= 15 is 0 Å². The number of carboxylic acids is 1. The molecule has 2 heterocycles. The molecule has 1 aliphatic carbocycles. The number of hydrogen-bond acceptors (Lipinski definition) is 2. The fourth-order valence-corrected chi connectivity index (χ4v) is 2.94. The van der Waals surface area contributed by atoms with Crippen molar-refractivity contribution >= 4 is 5.97 Å². The van der Waals surface area contributed by atoms with Gasteiger partial charge in [0, 0.05) is 13.1 Å². The van der Waals surface area contributed by atoms with Gasteiger partial charge >= 0.3 is 5.97 Å². The molecule has 0 aromatic rings. The van der Waals surface area contributed by atoms with Crippen molar-refractivity contribution in [3.8, 4) is 0 Å². The molecule has 3 fully saturated rings. The third-order valence-corrected chi connectivity index (χ3v) is 4.00. The molecule has 0 atom stereocenters. The summed E-state index contributed by atoms with van der Waals surface area (Å²) >= 11 is 0. The molecular formula is C10H17NO2. The van der Waals surface area contributed by atoms with Crippen molar-refractivity contribution in [1.29, 1.82) is 0 Å². The van der Waals surface area contributed by atoms with E-state index in [4.69, 9.17) is 5.11 Å². The SMILES string of the molecule is CC(C)C12CNCC(C(=O)O)(C1)C2. The second-order valence-electron chi connectivity index (χ2n) is 5.06. The summed E-state index contributed by atoms with van der Waals surface area (Å²) in [5.74, 6) is -0.0243. The molecule has 3 rings (SSSR count). The normalized spacial score (nSPS) is 43.0. The quantitative estimate of drug-likeness (QED) is 0.674. The molecule has 0 radical (unpaired) electrons. The molecule has 0 amide bonds. The zero-order chi connectivity index (χ0) is 9.69. The number of aliphatic carboxylic acids is 1. The Morgan fingerprint density at radius 2 is 2.00 bits per heavy atom. The molecule has 2 bridgehead atoms. The third kappa shape index (κ3) is 1.03. The molecule has 3 aliphatic rings. The van der Waals surface area contributed by atoms with Gasteiger partial charge in [0.05, 0.1) is 5.41 Å². The molecular weight excluding hydrogens is 166 g/mol. The van der Waals surface area contributed by atoms with Crippen LogP contribution in [-0.4, -0.2) is 24.2 Å². The molecule has 0 unspecified atom stereocenters. The zero-order valence-electron chi connectivity index (χ0n) is 8.26. The highest BCUT2D eigenvalue weighted by Crippen LogP contribution is 2.60. The van der Waals surface area contributed by atoms with Gasteiger partial charge in [-0.05, 0) is 24.2 Å². The predicted molar refractivity (Wildman–Crippen MR) is 49.4 cm³/mol. The number of piperidine rings is 2. The molecule has 0 spiro atoms. The van der Waals surface area contributed by atoms with Gasteiger partial charge < -0.3 is 10.4 Å². The van der Waals surface area contributed by atoms with E-state index in [9.17, 15) is 4.79 Å². The van der Waals surface area contributed by atoms with Gasteiger partial charge in [0.1, 0.15) is 0 Å². The molecule has 0 aromatic carbocycles. The summed E-state index contributed by atoms with van der Waals surface area (Å²) in [6.45, 7) is 6.05. The number of nitrogens with one attached hydrogen (secondary N) is 1. The molecule has 2 N–H and O–H groups in total. The molecule has 2 aliphatic heterocycles. The number of fused-ring (bicyclic) bond motifs is 2. The summed E-state index contributed by atoms with van der Waals surface area (Å²) in [5, 5.41) is 12.3. The van der Waals surface area contributed by atoms with Crippen LogP contribution in [0.1, 0.15) is 26.7 Å². The first-order valence-electron chi connectivity index (χ1n) is 4.95. The minimum atomic E-state index is -0.615. The monoisotopic (exact) mass is 183 g/mol. The van der Waals surface area contributed by atoms with Gasteiger partial charge in [-0.2, -0.15) is 0 Å². The summed E-state index contributed by atoms with van der Waals surface area (Å²) in [5.41, 5.74) is -0.154. The van der Waals surface area contributed by atoms with Crippen LogP contribution in [0.5, 0.6) is 0 Å². The zero-order valence-corrected chi connectivity index (χ0v) is 8.26. The van der Waals surface area contributed by atoms with Gasteiger partial charge in [0.15, 0.2) is 0 Å². The number of carboxylic acid groups (broad SMARTS) is 1. The number of carbonyl (C=O) groups is 1. The summed E-state index contributed by atoms with van der Waals surface area (Å²) < 4.78 is 0. The van der Waals surface area contributed by atoms with Crippen molar-refractivity contribution in [3.05, 3.63) is 0 Å². The van der Waals surface area contributed by atoms with E-state index in [-0.39, 0.29) is 5.41 Å². The van der Waals surface area contributed by atoms with Gasteiger partial charge in [-0.25, -0.2) is 0 Å². The second-order valence-corrected chi connectivity index (χ2v) is 5.06. The lowest BCUT2D eigenvalue weighted by Crippen LogP contribution is -2.66. The van der Waals surface area contributed by atoms with Crippen LogP contribution in [0.3, 0.4) is 0 Å². The summed E-state index contributed by atoms with van der Waals surface area (Å²) in [7, 11) is 0. The Hall–Kier alpha value is -0.570. The molecule has 2 saturated heterocycles. The lowest BCUT2D eigenvalue weighted by molar-refractivity contribution is -0.177. The van der Waals surface area contributed by atoms with Crippen LogP contribution in [0.25, 0.3) is 0 Å². The third-order valence-electron chi connectivity index (χ3n) is 4.00. The van der Waals surface area contributed by atoms with Crippen LogP contribution >= 0.6 is 0 Å². The van der Waals surface area contributed by atoms with E-state index in [1.807, 2.05) is 0 Å². The highest BCUT2D eigenvalue weighted by molar-refractivity contribution is 5.77. The van der Waals surface area contributed by atoms with E-state index in [1.54, 1.807) is 0 Å². The van der Waals surface area contributed by atoms with Crippen LogP contribution < -0.4 is 5.32 Å². The Kier molecular flexibility index (Phi) is 1.71. The van der Waals surface area contributed by atoms with Crippen LogP contribution in [0.15, 0.2) is 0 Å². The average molecular weight is 183 g/mol. The van der Waals surface area contributed by atoms with E-state index in [1.165, 1.54) is 0 Å². The lowest BCUT2D eigenvalue weighted by Gasteiger charge is -2.60. The van der Waals surface area contributed by atoms with Crippen LogP contribution in [0, 0.1) is 16.7 Å². The second kappa shape index (κ2) is 2.47. The molecule has 0 aromatic heterocycles. The maximum absolute atomic E-state index is 11.0. The van der Waals surface area contributed by atoms with Crippen molar-refractivity contribution in [2.75, 3.05) is 13.1 Å². The first kappa shape index (κ1) is 9.00. The maximum Gasteiger partial charge on any atom is 0.310 e. The van der Waals surface area contributed by atoms with Gasteiger partial charge in [-0.3, -0.25) is 4.79 Å². The molecule has 3 nitrogen and oxygen atoms in total. The standard InChI is InChI=1S/C10H17NO2/c1-7(2)9-3-10(4-9,8(12)13)6-11-5-9/h7,11H,3-6H2,1-2H3,(H,12,13). The van der Waals surface area contributed by atoms with Crippen LogP contribution in [0.4, 0.5) is 0 Å². The largest absolute Gasteiger partial charge is 0.481 e. The summed E-state index contributed by atoms with van der Waals surface area (Å²) in [6, 6.07) is 0. The highest BCUT2D eigenvalue weighted by atomic mass is 16.4. The van der Waals surface area contributed by atoms with Crippen molar-refractivity contribution in [3.63, 3.8) is 0 Å². The van der Waals surface area contributed by atoms with Gasteiger partial charge in [0.25, 0.3) is 0 Å². The Morgan fingerprint density at radius 3 is 2.46 bits per heavy atom. The topological polar surface area (TPSA) is 49.3 Å². The van der Waals surface area contributed by atoms with Crippen molar-refractivity contribution in [2.45, 2.75) is 26.7 Å². The predicted octanol–water partition coefficient (Wildman–Crippen LogP) is 1.10. The van der Waals surface area contributed by atoms with Gasteiger partial charge in [-0.15, -0.1) is 0 Å². The first-order valence-corrected chi connectivity index (χ1v) is 4.95. The number of hydrogen-bond donors (Lipinski definition) is 2. The summed E-state index contributed by atoms with van der Waals surface area (Å²) in [4.78, 5) is 11.0.